The second-order valence-corrected chi connectivity index (χ2v) is 5.70. The first-order valence-electron chi connectivity index (χ1n) is 6.90. The van der Waals surface area contributed by atoms with E-state index in [0.29, 0.717) is 22.8 Å². The lowest BCUT2D eigenvalue weighted by molar-refractivity contribution is 0.241. The van der Waals surface area contributed by atoms with Crippen molar-refractivity contribution < 1.29 is 8.91 Å². The van der Waals surface area contributed by atoms with Gasteiger partial charge in [-0.2, -0.15) is 4.98 Å². The summed E-state index contributed by atoms with van der Waals surface area (Å²) in [5, 5.41) is 7.33. The van der Waals surface area contributed by atoms with Gasteiger partial charge in [0.15, 0.2) is 0 Å². The zero-order valence-corrected chi connectivity index (χ0v) is 11.7. The van der Waals surface area contributed by atoms with E-state index in [0.717, 1.165) is 25.9 Å². The first kappa shape index (κ1) is 13.2. The molecule has 0 spiro atoms. The maximum absolute atomic E-state index is 13.6. The maximum Gasteiger partial charge on any atom is 0.232 e. The number of nitrogens with zero attached hydrogens (tertiary/aromatic N) is 2. The lowest BCUT2D eigenvalue weighted by Crippen LogP contribution is -2.37. The predicted octanol–water partition coefficient (Wildman–Crippen LogP) is 2.83. The Kier molecular flexibility index (Phi) is 3.30. The zero-order chi connectivity index (χ0) is 14.2. The van der Waals surface area contributed by atoms with E-state index in [1.54, 1.807) is 13.0 Å². The van der Waals surface area contributed by atoms with Gasteiger partial charge in [0, 0.05) is 11.0 Å². The van der Waals surface area contributed by atoms with Crippen LogP contribution in [0.2, 0.25) is 0 Å². The Morgan fingerprint density at radius 1 is 1.30 bits per heavy atom. The summed E-state index contributed by atoms with van der Waals surface area (Å²) < 4.78 is 19.0. The van der Waals surface area contributed by atoms with Crippen LogP contribution in [0.15, 0.2) is 22.7 Å². The van der Waals surface area contributed by atoms with Crippen molar-refractivity contribution in [3.63, 3.8) is 0 Å². The number of hydrogen-bond acceptors (Lipinski definition) is 4. The summed E-state index contributed by atoms with van der Waals surface area (Å²) in [6, 6.07) is 5.00. The summed E-state index contributed by atoms with van der Waals surface area (Å²) in [6.07, 6.45) is 1.94. The van der Waals surface area contributed by atoms with Crippen molar-refractivity contribution in [3.8, 4) is 11.4 Å². The highest BCUT2D eigenvalue weighted by Crippen LogP contribution is 2.32. The van der Waals surface area contributed by atoms with Gasteiger partial charge in [-0.1, -0.05) is 24.2 Å². The Morgan fingerprint density at radius 2 is 2.05 bits per heavy atom. The summed E-state index contributed by atoms with van der Waals surface area (Å²) in [6.45, 7) is 5.78. The molecule has 1 fully saturated rings. The Morgan fingerprint density at radius 3 is 2.75 bits per heavy atom. The highest BCUT2D eigenvalue weighted by Gasteiger charge is 2.34. The standard InChI is InChI=1S/C15H18FN3O/c1-10-3-4-11(9-12(10)16)13-18-14(20-19-13)15(2)5-7-17-8-6-15/h3-4,9,17H,5-8H2,1-2H3. The molecule has 4 nitrogen and oxygen atoms in total. The minimum atomic E-state index is -0.248. The number of rotatable bonds is 2. The number of nitrogens with one attached hydrogen (secondary N) is 1. The number of benzene rings is 1. The monoisotopic (exact) mass is 275 g/mol. The van der Waals surface area contributed by atoms with E-state index < -0.39 is 0 Å². The lowest BCUT2D eigenvalue weighted by atomic mass is 9.81. The Labute approximate surface area is 117 Å². The van der Waals surface area contributed by atoms with Crippen LogP contribution in [0.1, 0.15) is 31.2 Å². The Balaban J connectivity index is 1.91. The molecule has 1 aliphatic rings. The molecule has 0 amide bonds. The normalized spacial score (nSPS) is 18.1. The molecule has 0 unspecified atom stereocenters. The van der Waals surface area contributed by atoms with Crippen molar-refractivity contribution in [1.82, 2.24) is 15.5 Å². The fourth-order valence-corrected chi connectivity index (χ4v) is 2.51. The molecule has 1 aromatic carbocycles. The SMILES string of the molecule is Cc1ccc(-c2noc(C3(C)CCNCC3)n2)cc1F. The third kappa shape index (κ3) is 2.33. The Hall–Kier alpha value is -1.75. The van der Waals surface area contributed by atoms with Crippen molar-refractivity contribution in [1.29, 1.82) is 0 Å². The molecule has 0 atom stereocenters. The Bertz CT molecular complexity index is 617. The number of aromatic nitrogens is 2. The molecule has 1 aromatic heterocycles. The second kappa shape index (κ2) is 4.98. The van der Waals surface area contributed by atoms with Crippen LogP contribution in [-0.2, 0) is 5.41 Å². The molecule has 1 saturated heterocycles. The van der Waals surface area contributed by atoms with Gasteiger partial charge < -0.3 is 9.84 Å². The quantitative estimate of drug-likeness (QED) is 0.915. The van der Waals surface area contributed by atoms with Crippen LogP contribution in [-0.4, -0.2) is 23.2 Å². The van der Waals surface area contributed by atoms with E-state index in [-0.39, 0.29) is 11.2 Å². The summed E-state index contributed by atoms with van der Waals surface area (Å²) in [5.74, 6) is 0.857. The van der Waals surface area contributed by atoms with Crippen molar-refractivity contribution in [3.05, 3.63) is 35.5 Å². The van der Waals surface area contributed by atoms with Gasteiger partial charge in [0.2, 0.25) is 11.7 Å². The second-order valence-electron chi connectivity index (χ2n) is 5.70. The van der Waals surface area contributed by atoms with Crippen LogP contribution in [0, 0.1) is 12.7 Å². The largest absolute Gasteiger partial charge is 0.338 e. The van der Waals surface area contributed by atoms with Gasteiger partial charge in [-0.3, -0.25) is 0 Å². The number of halogens is 1. The van der Waals surface area contributed by atoms with Crippen LogP contribution in [0.3, 0.4) is 0 Å². The average Bonchev–Trinajstić information content (AvgIpc) is 2.93. The van der Waals surface area contributed by atoms with Crippen molar-refractivity contribution >= 4 is 0 Å². The molecule has 0 bridgehead atoms. The number of piperidine rings is 1. The van der Waals surface area contributed by atoms with Crippen molar-refractivity contribution in [2.75, 3.05) is 13.1 Å². The van der Waals surface area contributed by atoms with E-state index >= 15 is 0 Å². The maximum atomic E-state index is 13.6. The van der Waals surface area contributed by atoms with E-state index in [1.807, 2.05) is 6.07 Å². The first-order valence-corrected chi connectivity index (χ1v) is 6.90. The van der Waals surface area contributed by atoms with E-state index in [2.05, 4.69) is 22.4 Å². The minimum Gasteiger partial charge on any atom is -0.338 e. The molecule has 106 valence electrons. The molecular weight excluding hydrogens is 257 g/mol. The molecule has 1 N–H and O–H groups in total. The molecule has 0 radical (unpaired) electrons. The van der Waals surface area contributed by atoms with Gasteiger partial charge in [-0.05, 0) is 44.5 Å². The molecule has 2 aromatic rings. The third-order valence-electron chi connectivity index (χ3n) is 4.08. The zero-order valence-electron chi connectivity index (χ0n) is 11.7. The van der Waals surface area contributed by atoms with Gasteiger partial charge in [-0.25, -0.2) is 4.39 Å². The molecule has 20 heavy (non-hydrogen) atoms. The van der Waals surface area contributed by atoms with Gasteiger partial charge in [-0.15, -0.1) is 0 Å². The summed E-state index contributed by atoms with van der Waals surface area (Å²) in [4.78, 5) is 4.47. The van der Waals surface area contributed by atoms with Crippen LogP contribution >= 0.6 is 0 Å². The summed E-state index contributed by atoms with van der Waals surface area (Å²) in [5.41, 5.74) is 1.18. The molecule has 5 heteroatoms. The van der Waals surface area contributed by atoms with E-state index in [9.17, 15) is 4.39 Å². The van der Waals surface area contributed by atoms with Crippen LogP contribution < -0.4 is 5.32 Å². The fourth-order valence-electron chi connectivity index (χ4n) is 2.51. The molecular formula is C15H18FN3O. The summed E-state index contributed by atoms with van der Waals surface area (Å²) in [7, 11) is 0. The smallest absolute Gasteiger partial charge is 0.232 e. The first-order chi connectivity index (χ1) is 9.58. The lowest BCUT2D eigenvalue weighted by Gasteiger charge is -2.30. The van der Waals surface area contributed by atoms with Crippen LogP contribution in [0.4, 0.5) is 4.39 Å². The number of aryl methyl sites for hydroxylation is 1. The highest BCUT2D eigenvalue weighted by atomic mass is 19.1. The molecule has 0 aliphatic carbocycles. The van der Waals surface area contributed by atoms with E-state index in [4.69, 9.17) is 4.52 Å². The van der Waals surface area contributed by atoms with Gasteiger partial charge in [0.25, 0.3) is 0 Å². The van der Waals surface area contributed by atoms with Crippen molar-refractivity contribution in [2.45, 2.75) is 32.1 Å². The van der Waals surface area contributed by atoms with Crippen molar-refractivity contribution in [2.24, 2.45) is 0 Å². The molecule has 1 aliphatic heterocycles. The van der Waals surface area contributed by atoms with Gasteiger partial charge >= 0.3 is 0 Å². The highest BCUT2D eigenvalue weighted by molar-refractivity contribution is 5.55. The molecule has 3 rings (SSSR count). The van der Waals surface area contributed by atoms with E-state index in [1.165, 1.54) is 6.07 Å². The molecule has 0 saturated carbocycles. The minimum absolute atomic E-state index is 0.0836. The predicted molar refractivity (Wildman–Crippen MR) is 73.9 cm³/mol. The fraction of sp³-hybridized carbons (Fsp3) is 0.467. The average molecular weight is 275 g/mol. The third-order valence-corrected chi connectivity index (χ3v) is 4.08. The van der Waals surface area contributed by atoms with Crippen LogP contribution in [0.25, 0.3) is 11.4 Å². The molecule has 2 heterocycles. The summed E-state index contributed by atoms with van der Waals surface area (Å²) >= 11 is 0. The van der Waals surface area contributed by atoms with Gasteiger partial charge in [0.1, 0.15) is 5.82 Å². The van der Waals surface area contributed by atoms with Gasteiger partial charge in [0.05, 0.1) is 0 Å². The number of hydrogen-bond donors (Lipinski definition) is 1. The topological polar surface area (TPSA) is 51.0 Å². The van der Waals surface area contributed by atoms with Crippen LogP contribution in [0.5, 0.6) is 0 Å².